The predicted molar refractivity (Wildman–Crippen MR) is 85.1 cm³/mol. The fourth-order valence-corrected chi connectivity index (χ4v) is 2.23. The number of aromatic nitrogens is 3. The standard InChI is InChI=1S/C16H23N5/c1-4-21(5-2)16-15(7-6-8-18-16)12-17-9-14-10-19-13(3)20-11-14/h6-8,10-11,17H,4-5,9,12H2,1-3H3. The number of pyridine rings is 1. The molecule has 0 unspecified atom stereocenters. The van der Waals surface area contributed by atoms with E-state index in [9.17, 15) is 0 Å². The van der Waals surface area contributed by atoms with Gasteiger partial charge in [-0.1, -0.05) is 6.07 Å². The van der Waals surface area contributed by atoms with Crippen LogP contribution < -0.4 is 10.2 Å². The Morgan fingerprint density at radius 3 is 2.43 bits per heavy atom. The van der Waals surface area contributed by atoms with Gasteiger partial charge in [-0.2, -0.15) is 0 Å². The first-order chi connectivity index (χ1) is 10.2. The number of anilines is 1. The molecule has 0 aliphatic heterocycles. The highest BCUT2D eigenvalue weighted by atomic mass is 15.2. The normalized spacial score (nSPS) is 10.6. The van der Waals surface area contributed by atoms with Gasteiger partial charge in [0.1, 0.15) is 11.6 Å². The summed E-state index contributed by atoms with van der Waals surface area (Å²) < 4.78 is 0. The summed E-state index contributed by atoms with van der Waals surface area (Å²) in [6.07, 6.45) is 5.58. The molecule has 2 heterocycles. The highest BCUT2D eigenvalue weighted by molar-refractivity contribution is 5.46. The molecule has 1 N–H and O–H groups in total. The van der Waals surface area contributed by atoms with Crippen molar-refractivity contribution in [2.45, 2.75) is 33.9 Å². The van der Waals surface area contributed by atoms with Crippen molar-refractivity contribution in [1.29, 1.82) is 0 Å². The van der Waals surface area contributed by atoms with Gasteiger partial charge in [-0.3, -0.25) is 0 Å². The summed E-state index contributed by atoms with van der Waals surface area (Å²) in [6, 6.07) is 4.11. The summed E-state index contributed by atoms with van der Waals surface area (Å²) in [7, 11) is 0. The van der Waals surface area contributed by atoms with E-state index >= 15 is 0 Å². The molecule has 0 radical (unpaired) electrons. The number of hydrogen-bond acceptors (Lipinski definition) is 5. The lowest BCUT2D eigenvalue weighted by molar-refractivity contribution is 0.681. The van der Waals surface area contributed by atoms with Gasteiger partial charge in [-0.05, 0) is 26.8 Å². The van der Waals surface area contributed by atoms with E-state index in [0.717, 1.165) is 43.4 Å². The molecule has 2 aromatic heterocycles. The minimum absolute atomic E-state index is 0.757. The van der Waals surface area contributed by atoms with Crippen LogP contribution in [-0.2, 0) is 13.1 Å². The minimum atomic E-state index is 0.757. The monoisotopic (exact) mass is 285 g/mol. The molecule has 0 fully saturated rings. The second-order valence-corrected chi connectivity index (χ2v) is 4.90. The molecular weight excluding hydrogens is 262 g/mol. The Bertz CT molecular complexity index is 549. The van der Waals surface area contributed by atoms with Crippen molar-refractivity contribution in [2.24, 2.45) is 0 Å². The zero-order valence-corrected chi connectivity index (χ0v) is 13.0. The Morgan fingerprint density at radius 1 is 1.05 bits per heavy atom. The van der Waals surface area contributed by atoms with Crippen molar-refractivity contribution in [3.8, 4) is 0 Å². The van der Waals surface area contributed by atoms with Crippen LogP contribution >= 0.6 is 0 Å². The molecule has 0 saturated heterocycles. The lowest BCUT2D eigenvalue weighted by Crippen LogP contribution is -2.25. The fraction of sp³-hybridized carbons (Fsp3) is 0.438. The van der Waals surface area contributed by atoms with Gasteiger partial charge in [0, 0.05) is 55.9 Å². The Morgan fingerprint density at radius 2 is 1.76 bits per heavy atom. The van der Waals surface area contributed by atoms with Crippen LogP contribution in [0.15, 0.2) is 30.7 Å². The van der Waals surface area contributed by atoms with E-state index in [1.54, 1.807) is 0 Å². The van der Waals surface area contributed by atoms with E-state index < -0.39 is 0 Å². The van der Waals surface area contributed by atoms with Crippen LogP contribution in [0.2, 0.25) is 0 Å². The third-order valence-corrected chi connectivity index (χ3v) is 3.41. The maximum absolute atomic E-state index is 4.52. The van der Waals surface area contributed by atoms with Gasteiger partial charge in [-0.25, -0.2) is 15.0 Å². The maximum atomic E-state index is 4.52. The summed E-state index contributed by atoms with van der Waals surface area (Å²) in [6.45, 7) is 9.67. The van der Waals surface area contributed by atoms with Crippen LogP contribution in [-0.4, -0.2) is 28.0 Å². The number of nitrogens with zero attached hydrogens (tertiary/aromatic N) is 4. The first-order valence-corrected chi connectivity index (χ1v) is 7.41. The molecule has 0 atom stereocenters. The Labute approximate surface area is 126 Å². The second-order valence-electron chi connectivity index (χ2n) is 4.90. The van der Waals surface area contributed by atoms with E-state index in [4.69, 9.17) is 0 Å². The molecule has 0 bridgehead atoms. The van der Waals surface area contributed by atoms with Crippen molar-refractivity contribution >= 4 is 5.82 Å². The summed E-state index contributed by atoms with van der Waals surface area (Å²) in [5, 5.41) is 3.43. The second kappa shape index (κ2) is 7.69. The van der Waals surface area contributed by atoms with Gasteiger partial charge in [-0.15, -0.1) is 0 Å². The molecule has 0 aliphatic rings. The summed E-state index contributed by atoms with van der Waals surface area (Å²) in [5.74, 6) is 1.87. The molecule has 0 amide bonds. The zero-order chi connectivity index (χ0) is 15.1. The summed E-state index contributed by atoms with van der Waals surface area (Å²) in [4.78, 5) is 15.2. The van der Waals surface area contributed by atoms with Crippen molar-refractivity contribution in [3.63, 3.8) is 0 Å². The fourth-order valence-electron chi connectivity index (χ4n) is 2.23. The van der Waals surface area contributed by atoms with E-state index in [0.29, 0.717) is 0 Å². The average Bonchev–Trinajstić information content (AvgIpc) is 2.52. The van der Waals surface area contributed by atoms with Crippen LogP contribution in [0.25, 0.3) is 0 Å². The van der Waals surface area contributed by atoms with Crippen molar-refractivity contribution in [2.75, 3.05) is 18.0 Å². The first kappa shape index (κ1) is 15.4. The van der Waals surface area contributed by atoms with Crippen molar-refractivity contribution in [1.82, 2.24) is 20.3 Å². The topological polar surface area (TPSA) is 53.9 Å². The first-order valence-electron chi connectivity index (χ1n) is 7.41. The van der Waals surface area contributed by atoms with Gasteiger partial charge in [0.2, 0.25) is 0 Å². The molecule has 0 spiro atoms. The van der Waals surface area contributed by atoms with Crippen LogP contribution in [0.5, 0.6) is 0 Å². The Hall–Kier alpha value is -2.01. The molecular formula is C16H23N5. The molecule has 2 rings (SSSR count). The van der Waals surface area contributed by atoms with Crippen LogP contribution in [0.4, 0.5) is 5.82 Å². The van der Waals surface area contributed by atoms with Gasteiger partial charge in [0.25, 0.3) is 0 Å². The third-order valence-electron chi connectivity index (χ3n) is 3.41. The lowest BCUT2D eigenvalue weighted by atomic mass is 10.2. The highest BCUT2D eigenvalue weighted by Gasteiger charge is 2.08. The van der Waals surface area contributed by atoms with E-state index in [2.05, 4.69) is 45.1 Å². The van der Waals surface area contributed by atoms with E-state index in [-0.39, 0.29) is 0 Å². The molecule has 112 valence electrons. The predicted octanol–water partition coefficient (Wildman–Crippen LogP) is 2.32. The number of hydrogen-bond donors (Lipinski definition) is 1. The van der Waals surface area contributed by atoms with Crippen LogP contribution in [0.3, 0.4) is 0 Å². The van der Waals surface area contributed by atoms with Gasteiger partial charge < -0.3 is 10.2 Å². The van der Waals surface area contributed by atoms with E-state index in [1.807, 2.05) is 31.6 Å². The maximum Gasteiger partial charge on any atom is 0.132 e. The molecule has 5 nitrogen and oxygen atoms in total. The summed E-state index contributed by atoms with van der Waals surface area (Å²) >= 11 is 0. The van der Waals surface area contributed by atoms with Crippen LogP contribution in [0.1, 0.15) is 30.8 Å². The lowest BCUT2D eigenvalue weighted by Gasteiger charge is -2.22. The Balaban J connectivity index is 1.98. The minimum Gasteiger partial charge on any atom is -0.357 e. The third kappa shape index (κ3) is 4.23. The van der Waals surface area contributed by atoms with Crippen LogP contribution in [0, 0.1) is 6.92 Å². The molecule has 5 heteroatoms. The Kier molecular flexibility index (Phi) is 5.63. The molecule has 2 aromatic rings. The average molecular weight is 285 g/mol. The highest BCUT2D eigenvalue weighted by Crippen LogP contribution is 2.16. The van der Waals surface area contributed by atoms with Crippen molar-refractivity contribution < 1.29 is 0 Å². The number of aryl methyl sites for hydroxylation is 1. The van der Waals surface area contributed by atoms with E-state index in [1.165, 1.54) is 5.56 Å². The molecule has 21 heavy (non-hydrogen) atoms. The SMILES string of the molecule is CCN(CC)c1ncccc1CNCc1cnc(C)nc1. The molecule has 0 aliphatic carbocycles. The number of nitrogens with one attached hydrogen (secondary N) is 1. The van der Waals surface area contributed by atoms with Crippen molar-refractivity contribution in [3.05, 3.63) is 47.7 Å². The number of rotatable bonds is 7. The van der Waals surface area contributed by atoms with Gasteiger partial charge >= 0.3 is 0 Å². The largest absolute Gasteiger partial charge is 0.357 e. The molecule has 0 saturated carbocycles. The zero-order valence-electron chi connectivity index (χ0n) is 13.0. The van der Waals surface area contributed by atoms with Gasteiger partial charge in [0.05, 0.1) is 0 Å². The van der Waals surface area contributed by atoms with Gasteiger partial charge in [0.15, 0.2) is 0 Å². The summed E-state index contributed by atoms with van der Waals surface area (Å²) in [5.41, 5.74) is 2.31. The quantitative estimate of drug-likeness (QED) is 0.846. The molecule has 0 aromatic carbocycles. The smallest absolute Gasteiger partial charge is 0.132 e.